The molecule has 0 rings (SSSR count). The quantitative estimate of drug-likeness (QED) is 0.0343. The van der Waals surface area contributed by atoms with Crippen LogP contribution in [0.5, 0.6) is 0 Å². The lowest BCUT2D eigenvalue weighted by Gasteiger charge is -2.18. The Morgan fingerprint density at radius 1 is 0.288 bits per heavy atom. The van der Waals surface area contributed by atoms with Gasteiger partial charge in [0.05, 0.1) is 0 Å². The van der Waals surface area contributed by atoms with E-state index in [1.54, 1.807) is 0 Å². The number of hydrogen-bond donors (Lipinski definition) is 0. The Morgan fingerprint density at radius 3 is 0.742 bits per heavy atom. The van der Waals surface area contributed by atoms with Crippen LogP contribution >= 0.6 is 0 Å². The van der Waals surface area contributed by atoms with E-state index < -0.39 is 6.10 Å². The van der Waals surface area contributed by atoms with Crippen molar-refractivity contribution < 1.29 is 28.6 Å². The summed E-state index contributed by atoms with van der Waals surface area (Å²) >= 11 is 0. The van der Waals surface area contributed by atoms with E-state index in [2.05, 4.69) is 27.7 Å². The van der Waals surface area contributed by atoms with Gasteiger partial charge in [-0.05, 0) is 25.2 Å². The Balaban J connectivity index is 4.24. The van der Waals surface area contributed by atoms with Gasteiger partial charge in [0.2, 0.25) is 0 Å². The molecule has 0 aliphatic rings. The van der Waals surface area contributed by atoms with E-state index in [1.165, 1.54) is 238 Å². The number of esters is 3. The predicted octanol–water partition coefficient (Wildman–Crippen LogP) is 19.8. The van der Waals surface area contributed by atoms with Gasteiger partial charge in [0.15, 0.2) is 6.10 Å². The Morgan fingerprint density at radius 2 is 0.500 bits per heavy atom. The maximum atomic E-state index is 12.9. The molecule has 0 N–H and O–H groups in total. The summed E-state index contributed by atoms with van der Waals surface area (Å²) in [5.41, 5.74) is 0. The molecule has 392 valence electrons. The van der Waals surface area contributed by atoms with Crippen LogP contribution in [0.1, 0.15) is 342 Å². The summed E-state index contributed by atoms with van der Waals surface area (Å²) in [6.07, 6.45) is 59.6. The second-order valence-electron chi connectivity index (χ2n) is 21.1. The first-order valence-corrected chi connectivity index (χ1v) is 29.9. The van der Waals surface area contributed by atoms with Crippen molar-refractivity contribution in [1.29, 1.82) is 0 Å². The van der Waals surface area contributed by atoms with E-state index in [4.69, 9.17) is 14.2 Å². The molecule has 66 heavy (non-hydrogen) atoms. The van der Waals surface area contributed by atoms with Crippen LogP contribution in [0.25, 0.3) is 0 Å². The van der Waals surface area contributed by atoms with Crippen LogP contribution < -0.4 is 0 Å². The Kier molecular flexibility index (Phi) is 53.0. The van der Waals surface area contributed by atoms with Gasteiger partial charge in [0, 0.05) is 19.3 Å². The lowest BCUT2D eigenvalue weighted by atomic mass is 10.0. The number of carbonyl (C=O) groups excluding carboxylic acids is 3. The first kappa shape index (κ1) is 64.4. The van der Waals surface area contributed by atoms with Crippen molar-refractivity contribution in [3.8, 4) is 0 Å². The summed E-state index contributed by atoms with van der Waals surface area (Å²) in [5, 5.41) is 0. The zero-order valence-electron chi connectivity index (χ0n) is 45.2. The van der Waals surface area contributed by atoms with Crippen LogP contribution in [0.2, 0.25) is 0 Å². The van der Waals surface area contributed by atoms with Crippen molar-refractivity contribution in [2.45, 2.75) is 348 Å². The minimum Gasteiger partial charge on any atom is -0.462 e. The molecule has 0 amide bonds. The zero-order chi connectivity index (χ0) is 48.1. The largest absolute Gasteiger partial charge is 0.462 e. The van der Waals surface area contributed by atoms with E-state index in [1.807, 2.05) is 0 Å². The van der Waals surface area contributed by atoms with Crippen molar-refractivity contribution in [2.75, 3.05) is 13.2 Å². The molecule has 0 fully saturated rings. The van der Waals surface area contributed by atoms with Gasteiger partial charge in [-0.25, -0.2) is 0 Å². The predicted molar refractivity (Wildman–Crippen MR) is 284 cm³/mol. The fourth-order valence-corrected chi connectivity index (χ4v) is 9.28. The maximum Gasteiger partial charge on any atom is 0.306 e. The average Bonchev–Trinajstić information content (AvgIpc) is 3.30. The van der Waals surface area contributed by atoms with Gasteiger partial charge in [-0.2, -0.15) is 0 Å². The van der Waals surface area contributed by atoms with Crippen LogP contribution in [-0.4, -0.2) is 37.2 Å². The maximum absolute atomic E-state index is 12.9. The van der Waals surface area contributed by atoms with Crippen molar-refractivity contribution in [1.82, 2.24) is 0 Å². The molecular formula is C60H116O6. The molecule has 0 spiro atoms. The first-order chi connectivity index (χ1) is 32.4. The second kappa shape index (κ2) is 54.4. The minimum absolute atomic E-state index is 0.0622. The average molecular weight is 934 g/mol. The Bertz CT molecular complexity index is 996. The smallest absolute Gasteiger partial charge is 0.306 e. The second-order valence-corrected chi connectivity index (χ2v) is 21.1. The summed E-state index contributed by atoms with van der Waals surface area (Å²) in [6, 6.07) is 0. The summed E-state index contributed by atoms with van der Waals surface area (Å²) in [7, 11) is 0. The zero-order valence-corrected chi connectivity index (χ0v) is 45.2. The molecule has 0 unspecified atom stereocenters. The summed E-state index contributed by atoms with van der Waals surface area (Å²) in [4.78, 5) is 38.1. The van der Waals surface area contributed by atoms with Crippen molar-refractivity contribution in [3.05, 3.63) is 0 Å². The molecule has 1 atom stereocenters. The molecule has 0 radical (unpaired) electrons. The van der Waals surface area contributed by atoms with Gasteiger partial charge in [0.1, 0.15) is 13.2 Å². The van der Waals surface area contributed by atoms with Crippen molar-refractivity contribution >= 4 is 17.9 Å². The summed E-state index contributed by atoms with van der Waals surface area (Å²) < 4.78 is 16.9. The van der Waals surface area contributed by atoms with Gasteiger partial charge < -0.3 is 14.2 Å². The first-order valence-electron chi connectivity index (χ1n) is 29.9. The normalized spacial score (nSPS) is 12.0. The topological polar surface area (TPSA) is 78.9 Å². The highest BCUT2D eigenvalue weighted by Gasteiger charge is 2.19. The molecule has 0 aromatic heterocycles. The third-order valence-electron chi connectivity index (χ3n) is 13.8. The van der Waals surface area contributed by atoms with Crippen LogP contribution in [0.15, 0.2) is 0 Å². The van der Waals surface area contributed by atoms with Crippen molar-refractivity contribution in [3.63, 3.8) is 0 Å². The standard InChI is InChI=1S/C60H116O6/c1-5-7-9-11-13-15-17-19-21-23-25-27-29-31-33-35-41-45-49-53-60(63)66-57(55-65-59(62)52-48-44-40-37-36-38-42-46-50-56(3)4)54-64-58(61)51-47-43-39-34-32-30-28-26-24-22-20-18-16-14-12-10-8-6-2/h56-57H,5-55H2,1-4H3/t57-/m1/s1. The summed E-state index contributed by atoms with van der Waals surface area (Å²) in [6.45, 7) is 9.03. The monoisotopic (exact) mass is 933 g/mol. The molecule has 0 aromatic rings. The number of unbranched alkanes of at least 4 members (excludes halogenated alkanes) is 42. The van der Waals surface area contributed by atoms with E-state index in [0.717, 1.165) is 63.7 Å². The molecule has 6 nitrogen and oxygen atoms in total. The Hall–Kier alpha value is -1.59. The molecule has 0 saturated heterocycles. The highest BCUT2D eigenvalue weighted by Crippen LogP contribution is 2.18. The highest BCUT2D eigenvalue weighted by atomic mass is 16.6. The van der Waals surface area contributed by atoms with E-state index in [9.17, 15) is 14.4 Å². The number of rotatable bonds is 55. The molecular weight excluding hydrogens is 817 g/mol. The third kappa shape index (κ3) is 53.4. The molecule has 0 heterocycles. The van der Waals surface area contributed by atoms with Crippen molar-refractivity contribution in [2.24, 2.45) is 5.92 Å². The SMILES string of the molecule is CCCCCCCCCCCCCCCCCCCCCC(=O)O[C@H](COC(=O)CCCCCCCCCCCCCCCCCCCC)COC(=O)CCCCCCCCCCC(C)C. The molecule has 0 aliphatic carbocycles. The number of carbonyl (C=O) groups is 3. The third-order valence-corrected chi connectivity index (χ3v) is 13.8. The van der Waals surface area contributed by atoms with Crippen LogP contribution in [0.4, 0.5) is 0 Å². The van der Waals surface area contributed by atoms with E-state index in [-0.39, 0.29) is 31.1 Å². The Labute approximate surface area is 412 Å². The van der Waals surface area contributed by atoms with Gasteiger partial charge in [-0.1, -0.05) is 304 Å². The molecule has 0 aliphatic heterocycles. The summed E-state index contributed by atoms with van der Waals surface area (Å²) in [5.74, 6) is -0.0402. The van der Waals surface area contributed by atoms with Crippen LogP contribution in [0, 0.1) is 5.92 Å². The van der Waals surface area contributed by atoms with Crippen LogP contribution in [0.3, 0.4) is 0 Å². The fourth-order valence-electron chi connectivity index (χ4n) is 9.28. The number of hydrogen-bond acceptors (Lipinski definition) is 6. The molecule has 0 bridgehead atoms. The lowest BCUT2D eigenvalue weighted by molar-refractivity contribution is -0.167. The van der Waals surface area contributed by atoms with Gasteiger partial charge in [-0.3, -0.25) is 14.4 Å². The van der Waals surface area contributed by atoms with Gasteiger partial charge in [0.25, 0.3) is 0 Å². The molecule has 6 heteroatoms. The lowest BCUT2D eigenvalue weighted by Crippen LogP contribution is -2.30. The van der Waals surface area contributed by atoms with Gasteiger partial charge >= 0.3 is 17.9 Å². The van der Waals surface area contributed by atoms with E-state index in [0.29, 0.717) is 19.3 Å². The van der Waals surface area contributed by atoms with E-state index >= 15 is 0 Å². The minimum atomic E-state index is -0.762. The highest BCUT2D eigenvalue weighted by molar-refractivity contribution is 5.71. The molecule has 0 saturated carbocycles. The molecule has 0 aromatic carbocycles. The number of ether oxygens (including phenoxy) is 3. The van der Waals surface area contributed by atoms with Crippen LogP contribution in [-0.2, 0) is 28.6 Å². The van der Waals surface area contributed by atoms with Gasteiger partial charge in [-0.15, -0.1) is 0 Å². The fraction of sp³-hybridized carbons (Fsp3) is 0.950.